The molecule has 3 N–H and O–H groups in total. The third-order valence-electron chi connectivity index (χ3n) is 4.77. The molecule has 152 valence electrons. The van der Waals surface area contributed by atoms with Crippen molar-refractivity contribution in [2.24, 2.45) is 0 Å². The molecule has 30 heavy (non-hydrogen) atoms. The van der Waals surface area contributed by atoms with Crippen molar-refractivity contribution in [1.29, 1.82) is 0 Å². The second-order valence-corrected chi connectivity index (χ2v) is 7.24. The van der Waals surface area contributed by atoms with Crippen LogP contribution in [-0.2, 0) is 6.42 Å². The van der Waals surface area contributed by atoms with Crippen LogP contribution < -0.4 is 10.2 Å². The average molecular weight is 425 g/mol. The fourth-order valence-corrected chi connectivity index (χ4v) is 3.57. The minimum Gasteiger partial charge on any atom is -0.507 e. The predicted molar refractivity (Wildman–Crippen MR) is 114 cm³/mol. The van der Waals surface area contributed by atoms with Crippen LogP contribution in [0.4, 0.5) is 0 Å². The molecular weight excluding hydrogens is 408 g/mol. The van der Waals surface area contributed by atoms with Gasteiger partial charge in [-0.15, -0.1) is 0 Å². The Bertz CT molecular complexity index is 1330. The molecule has 1 heterocycles. The number of methoxy groups -OCH3 is 1. The highest BCUT2D eigenvalue weighted by Gasteiger charge is 2.17. The van der Waals surface area contributed by atoms with Crippen molar-refractivity contribution in [3.63, 3.8) is 0 Å². The van der Waals surface area contributed by atoms with E-state index in [-0.39, 0.29) is 34.0 Å². The molecule has 0 radical (unpaired) electrons. The first-order chi connectivity index (χ1) is 14.4. The molecule has 0 saturated heterocycles. The molecule has 7 heteroatoms. The van der Waals surface area contributed by atoms with Crippen molar-refractivity contribution < 1.29 is 24.5 Å². The summed E-state index contributed by atoms with van der Waals surface area (Å²) in [7, 11) is 1.43. The third-order valence-corrected chi connectivity index (χ3v) is 5.00. The molecule has 0 amide bonds. The fraction of sp³-hybridized carbons (Fsp3) is 0.0870. The highest BCUT2D eigenvalue weighted by Crippen LogP contribution is 2.37. The molecule has 0 aliphatic rings. The van der Waals surface area contributed by atoms with Gasteiger partial charge >= 0.3 is 0 Å². The zero-order valence-corrected chi connectivity index (χ0v) is 16.6. The van der Waals surface area contributed by atoms with E-state index < -0.39 is 5.43 Å². The summed E-state index contributed by atoms with van der Waals surface area (Å²) in [4.78, 5) is 12.7. The number of aromatic hydroxyl groups is 3. The van der Waals surface area contributed by atoms with E-state index >= 15 is 0 Å². The number of phenolic OH excluding ortho intramolecular Hbond substituents is 3. The molecule has 0 atom stereocenters. The zero-order chi connectivity index (χ0) is 21.4. The summed E-state index contributed by atoms with van der Waals surface area (Å²) < 4.78 is 11.0. The van der Waals surface area contributed by atoms with E-state index in [1.807, 2.05) is 12.1 Å². The van der Waals surface area contributed by atoms with Gasteiger partial charge in [-0.2, -0.15) is 0 Å². The maximum Gasteiger partial charge on any atom is 0.197 e. The molecule has 0 saturated carbocycles. The molecule has 0 unspecified atom stereocenters. The molecule has 3 aromatic carbocycles. The van der Waals surface area contributed by atoms with Crippen LogP contribution in [0.2, 0.25) is 5.02 Å². The molecular formula is C23H17ClO6. The normalized spacial score (nSPS) is 11.0. The van der Waals surface area contributed by atoms with Gasteiger partial charge in [0.05, 0.1) is 7.11 Å². The van der Waals surface area contributed by atoms with Crippen LogP contribution in [0.1, 0.15) is 11.1 Å². The van der Waals surface area contributed by atoms with Gasteiger partial charge in [0.25, 0.3) is 0 Å². The topological polar surface area (TPSA) is 100 Å². The number of hydrogen-bond donors (Lipinski definition) is 3. The predicted octanol–water partition coefficient (Wildman–Crippen LogP) is 4.83. The van der Waals surface area contributed by atoms with Crippen molar-refractivity contribution in [3.8, 4) is 34.3 Å². The number of benzene rings is 3. The minimum atomic E-state index is -0.451. The number of phenols is 3. The van der Waals surface area contributed by atoms with Gasteiger partial charge in [-0.05, 0) is 41.8 Å². The summed E-state index contributed by atoms with van der Waals surface area (Å²) in [5, 5.41) is 30.8. The Morgan fingerprint density at radius 2 is 1.73 bits per heavy atom. The van der Waals surface area contributed by atoms with E-state index in [2.05, 4.69) is 0 Å². The van der Waals surface area contributed by atoms with E-state index in [4.69, 9.17) is 20.8 Å². The van der Waals surface area contributed by atoms with Crippen LogP contribution >= 0.6 is 11.6 Å². The molecule has 6 nitrogen and oxygen atoms in total. The summed E-state index contributed by atoms with van der Waals surface area (Å²) in [5.74, 6) is -0.396. The minimum absolute atomic E-state index is 0.0268. The van der Waals surface area contributed by atoms with Gasteiger partial charge in [-0.25, -0.2) is 0 Å². The Morgan fingerprint density at radius 3 is 2.47 bits per heavy atom. The summed E-state index contributed by atoms with van der Waals surface area (Å²) in [6.07, 6.45) is 0.370. The zero-order valence-electron chi connectivity index (χ0n) is 15.8. The van der Waals surface area contributed by atoms with Crippen molar-refractivity contribution in [1.82, 2.24) is 0 Å². The monoisotopic (exact) mass is 424 g/mol. The van der Waals surface area contributed by atoms with Gasteiger partial charge in [-0.1, -0.05) is 23.7 Å². The second-order valence-electron chi connectivity index (χ2n) is 6.80. The summed E-state index contributed by atoms with van der Waals surface area (Å²) in [6.45, 7) is 0. The molecule has 4 rings (SSSR count). The van der Waals surface area contributed by atoms with Gasteiger partial charge in [0, 0.05) is 28.8 Å². The quantitative estimate of drug-likeness (QED) is 0.406. The molecule has 0 bridgehead atoms. The summed E-state index contributed by atoms with van der Waals surface area (Å²) >= 11 is 6.07. The smallest absolute Gasteiger partial charge is 0.197 e. The van der Waals surface area contributed by atoms with E-state index in [0.29, 0.717) is 28.3 Å². The molecule has 0 aliphatic heterocycles. The molecule has 0 spiro atoms. The summed E-state index contributed by atoms with van der Waals surface area (Å²) in [5.41, 5.74) is 1.59. The number of halogens is 1. The van der Waals surface area contributed by atoms with E-state index in [0.717, 1.165) is 5.56 Å². The maximum absolute atomic E-state index is 12.7. The molecule has 4 aromatic rings. The van der Waals surface area contributed by atoms with Gasteiger partial charge < -0.3 is 24.5 Å². The van der Waals surface area contributed by atoms with Gasteiger partial charge in [0.15, 0.2) is 16.9 Å². The second kappa shape index (κ2) is 7.65. The third kappa shape index (κ3) is 3.65. The first-order valence-corrected chi connectivity index (χ1v) is 9.38. The first-order valence-electron chi connectivity index (χ1n) is 9.00. The Labute approximate surface area is 176 Å². The van der Waals surface area contributed by atoms with Crippen LogP contribution in [0.25, 0.3) is 22.3 Å². The van der Waals surface area contributed by atoms with Crippen molar-refractivity contribution in [2.75, 3.05) is 7.11 Å². The van der Waals surface area contributed by atoms with E-state index in [9.17, 15) is 20.1 Å². The van der Waals surface area contributed by atoms with Gasteiger partial charge in [0.1, 0.15) is 28.2 Å². The highest BCUT2D eigenvalue weighted by molar-refractivity contribution is 6.30. The average Bonchev–Trinajstić information content (AvgIpc) is 2.69. The number of hydrogen-bond acceptors (Lipinski definition) is 6. The molecule has 1 aromatic heterocycles. The van der Waals surface area contributed by atoms with Crippen LogP contribution in [0.15, 0.2) is 63.8 Å². The molecule has 0 fully saturated rings. The SMILES string of the molecule is COc1cc(O)c2c(=O)cc(-c3cc(O)c(O)cc3Cc3cccc(Cl)c3)oc2c1. The Kier molecular flexibility index (Phi) is 5.01. The van der Waals surface area contributed by atoms with Gasteiger partial charge in [0.2, 0.25) is 0 Å². The Balaban J connectivity index is 1.92. The van der Waals surface area contributed by atoms with Crippen LogP contribution in [-0.4, -0.2) is 22.4 Å². The lowest BCUT2D eigenvalue weighted by Crippen LogP contribution is -2.02. The highest BCUT2D eigenvalue weighted by atomic mass is 35.5. The van der Waals surface area contributed by atoms with Gasteiger partial charge in [-0.3, -0.25) is 4.79 Å². The number of ether oxygens (including phenoxy) is 1. The molecule has 0 aliphatic carbocycles. The largest absolute Gasteiger partial charge is 0.507 e. The first kappa shape index (κ1) is 19.7. The van der Waals surface area contributed by atoms with E-state index in [1.165, 1.54) is 37.4 Å². The van der Waals surface area contributed by atoms with Crippen LogP contribution in [0, 0.1) is 0 Å². The van der Waals surface area contributed by atoms with E-state index in [1.54, 1.807) is 12.1 Å². The van der Waals surface area contributed by atoms with Crippen LogP contribution in [0.3, 0.4) is 0 Å². The summed E-state index contributed by atoms with van der Waals surface area (Å²) in [6, 6.07) is 14.0. The Morgan fingerprint density at radius 1 is 0.967 bits per heavy atom. The van der Waals surface area contributed by atoms with Crippen molar-refractivity contribution in [3.05, 3.63) is 81.0 Å². The standard InChI is InChI=1S/C23H17ClO6/c1-29-15-8-19(27)23-20(28)11-21(30-22(23)9-15)16-10-18(26)17(25)7-13(16)5-12-3-2-4-14(24)6-12/h2-4,6-11,25-27H,5H2,1H3. The van der Waals surface area contributed by atoms with Crippen molar-refractivity contribution >= 4 is 22.6 Å². The lowest BCUT2D eigenvalue weighted by Gasteiger charge is -2.13. The lowest BCUT2D eigenvalue weighted by molar-refractivity contribution is 0.403. The van der Waals surface area contributed by atoms with Crippen LogP contribution in [0.5, 0.6) is 23.0 Å². The maximum atomic E-state index is 12.7. The number of fused-ring (bicyclic) bond motifs is 1. The Hall–Kier alpha value is -3.64. The fourth-order valence-electron chi connectivity index (χ4n) is 3.36. The number of rotatable bonds is 4. The lowest BCUT2D eigenvalue weighted by atomic mass is 9.97. The van der Waals surface area contributed by atoms with Crippen molar-refractivity contribution in [2.45, 2.75) is 6.42 Å².